The number of carbonyl (C=O) groups is 1. The summed E-state index contributed by atoms with van der Waals surface area (Å²) >= 11 is 0. The van der Waals surface area contributed by atoms with Gasteiger partial charge in [0, 0.05) is 31.0 Å². The molecule has 0 bridgehead atoms. The fourth-order valence-electron chi connectivity index (χ4n) is 2.22. The van der Waals surface area contributed by atoms with Gasteiger partial charge in [0.1, 0.15) is 5.82 Å². The first-order chi connectivity index (χ1) is 8.70. The summed E-state index contributed by atoms with van der Waals surface area (Å²) in [6.07, 6.45) is 4.26. The normalized spacial score (nSPS) is 18.6. The molecule has 1 amide bonds. The summed E-state index contributed by atoms with van der Waals surface area (Å²) in [6.45, 7) is 5.39. The maximum Gasteiger partial charge on any atom is 0.223 e. The Morgan fingerprint density at radius 2 is 2.33 bits per heavy atom. The van der Waals surface area contributed by atoms with E-state index in [1.807, 2.05) is 13.8 Å². The molecule has 0 unspecified atom stereocenters. The van der Waals surface area contributed by atoms with Gasteiger partial charge in [-0.3, -0.25) is 4.79 Å². The minimum atomic E-state index is -0.0194. The average molecular weight is 251 g/mol. The van der Waals surface area contributed by atoms with Crippen LogP contribution in [0.2, 0.25) is 0 Å². The van der Waals surface area contributed by atoms with Gasteiger partial charge in [-0.15, -0.1) is 0 Å². The maximum atomic E-state index is 12.1. The molecular formula is C13H21N3O2. The number of ether oxygens (including phenoxy) is 1. The summed E-state index contributed by atoms with van der Waals surface area (Å²) in [6, 6.07) is -0.0194. The van der Waals surface area contributed by atoms with Crippen LogP contribution in [0.4, 0.5) is 0 Å². The van der Waals surface area contributed by atoms with Crippen LogP contribution < -0.4 is 5.32 Å². The lowest BCUT2D eigenvalue weighted by Gasteiger charge is -2.23. The van der Waals surface area contributed by atoms with Gasteiger partial charge in [0.15, 0.2) is 0 Å². The molecule has 2 N–H and O–H groups in total. The zero-order chi connectivity index (χ0) is 13.0. The second-order valence-electron chi connectivity index (χ2n) is 4.81. The van der Waals surface area contributed by atoms with Crippen LogP contribution in [0.1, 0.15) is 43.7 Å². The molecule has 0 spiro atoms. The number of nitrogens with zero attached hydrogens (tertiary/aromatic N) is 1. The zero-order valence-corrected chi connectivity index (χ0v) is 11.0. The number of H-pyrrole nitrogens is 1. The first-order valence-corrected chi connectivity index (χ1v) is 6.60. The van der Waals surface area contributed by atoms with Crippen molar-refractivity contribution >= 4 is 5.91 Å². The van der Waals surface area contributed by atoms with Gasteiger partial charge in [-0.25, -0.2) is 4.98 Å². The number of rotatable bonds is 4. The number of carbonyl (C=O) groups excluding carboxylic acids is 1. The predicted octanol–water partition coefficient (Wildman–Crippen LogP) is 1.71. The Bertz CT molecular complexity index is 397. The van der Waals surface area contributed by atoms with Crippen molar-refractivity contribution in [1.82, 2.24) is 15.3 Å². The molecule has 1 aromatic rings. The molecule has 100 valence electrons. The van der Waals surface area contributed by atoms with Crippen molar-refractivity contribution in [1.29, 1.82) is 0 Å². The summed E-state index contributed by atoms with van der Waals surface area (Å²) < 4.78 is 5.27. The van der Waals surface area contributed by atoms with Gasteiger partial charge >= 0.3 is 0 Å². The first kappa shape index (κ1) is 13.1. The highest BCUT2D eigenvalue weighted by Gasteiger charge is 2.24. The molecule has 0 aromatic carbocycles. The second kappa shape index (κ2) is 6.00. The van der Waals surface area contributed by atoms with E-state index in [0.717, 1.165) is 30.8 Å². The Balaban J connectivity index is 1.95. The predicted molar refractivity (Wildman–Crippen MR) is 68.0 cm³/mol. The van der Waals surface area contributed by atoms with Crippen LogP contribution in [-0.4, -0.2) is 29.1 Å². The maximum absolute atomic E-state index is 12.1. The third-order valence-corrected chi connectivity index (χ3v) is 3.37. The van der Waals surface area contributed by atoms with Crippen LogP contribution in [-0.2, 0) is 9.53 Å². The molecule has 1 aliphatic rings. The molecular weight excluding hydrogens is 230 g/mol. The highest BCUT2D eigenvalue weighted by molar-refractivity contribution is 5.79. The third kappa shape index (κ3) is 3.10. The summed E-state index contributed by atoms with van der Waals surface area (Å²) in [5.41, 5.74) is 1.02. The fourth-order valence-corrected chi connectivity index (χ4v) is 2.22. The molecule has 1 atom stereocenters. The molecule has 1 saturated heterocycles. The summed E-state index contributed by atoms with van der Waals surface area (Å²) in [5.74, 6) is 1.05. The van der Waals surface area contributed by atoms with Crippen LogP contribution in [0.25, 0.3) is 0 Å². The zero-order valence-electron chi connectivity index (χ0n) is 11.0. The van der Waals surface area contributed by atoms with Crippen molar-refractivity contribution in [3.05, 3.63) is 17.7 Å². The van der Waals surface area contributed by atoms with E-state index in [4.69, 9.17) is 4.74 Å². The number of hydrogen-bond acceptors (Lipinski definition) is 3. The number of nitrogens with one attached hydrogen (secondary N) is 2. The molecule has 2 heterocycles. The highest BCUT2D eigenvalue weighted by atomic mass is 16.5. The Kier molecular flexibility index (Phi) is 4.36. The van der Waals surface area contributed by atoms with Crippen LogP contribution >= 0.6 is 0 Å². The van der Waals surface area contributed by atoms with Gasteiger partial charge in [0.05, 0.1) is 6.04 Å². The topological polar surface area (TPSA) is 67.0 Å². The van der Waals surface area contributed by atoms with Crippen molar-refractivity contribution in [2.45, 2.75) is 39.2 Å². The lowest BCUT2D eigenvalue weighted by Crippen LogP contribution is -2.36. The molecule has 2 rings (SSSR count). The lowest BCUT2D eigenvalue weighted by molar-refractivity contribution is -0.128. The highest BCUT2D eigenvalue weighted by Crippen LogP contribution is 2.18. The number of aromatic amines is 1. The van der Waals surface area contributed by atoms with Crippen molar-refractivity contribution in [3.8, 4) is 0 Å². The minimum absolute atomic E-state index is 0.0194. The molecule has 1 aliphatic heterocycles. The van der Waals surface area contributed by atoms with Crippen LogP contribution in [0.3, 0.4) is 0 Å². The number of imidazole rings is 1. The smallest absolute Gasteiger partial charge is 0.223 e. The first-order valence-electron chi connectivity index (χ1n) is 6.60. The van der Waals surface area contributed by atoms with E-state index in [1.165, 1.54) is 0 Å². The Morgan fingerprint density at radius 1 is 1.61 bits per heavy atom. The lowest BCUT2D eigenvalue weighted by atomic mass is 9.99. The average Bonchev–Trinajstić information content (AvgIpc) is 2.83. The molecule has 0 radical (unpaired) electrons. The fraction of sp³-hybridized carbons (Fsp3) is 0.692. The van der Waals surface area contributed by atoms with E-state index in [2.05, 4.69) is 15.3 Å². The Morgan fingerprint density at radius 3 is 2.89 bits per heavy atom. The van der Waals surface area contributed by atoms with Gasteiger partial charge in [-0.05, 0) is 26.2 Å². The number of hydrogen-bond donors (Lipinski definition) is 2. The molecule has 18 heavy (non-hydrogen) atoms. The van der Waals surface area contributed by atoms with Crippen molar-refractivity contribution < 1.29 is 9.53 Å². The van der Waals surface area contributed by atoms with Crippen molar-refractivity contribution in [3.63, 3.8) is 0 Å². The van der Waals surface area contributed by atoms with Gasteiger partial charge in [-0.2, -0.15) is 0 Å². The monoisotopic (exact) mass is 251 g/mol. The van der Waals surface area contributed by atoms with Gasteiger partial charge < -0.3 is 15.0 Å². The van der Waals surface area contributed by atoms with Crippen molar-refractivity contribution in [2.75, 3.05) is 13.2 Å². The molecule has 0 saturated carbocycles. The minimum Gasteiger partial charge on any atom is -0.381 e. The SMILES string of the molecule is CC[C@H](NC(=O)C1CCOCC1)c1ncc(C)[nH]1. The van der Waals surface area contributed by atoms with Gasteiger partial charge in [-0.1, -0.05) is 6.92 Å². The van der Waals surface area contributed by atoms with Crippen molar-refractivity contribution in [2.24, 2.45) is 5.92 Å². The summed E-state index contributed by atoms with van der Waals surface area (Å²) in [5, 5.41) is 3.08. The molecule has 1 aromatic heterocycles. The van der Waals surface area contributed by atoms with Crippen LogP contribution in [0, 0.1) is 12.8 Å². The van der Waals surface area contributed by atoms with Gasteiger partial charge in [0.2, 0.25) is 5.91 Å². The molecule has 5 nitrogen and oxygen atoms in total. The standard InChI is InChI=1S/C13H21N3O2/c1-3-11(12-14-8-9(2)15-12)16-13(17)10-4-6-18-7-5-10/h8,10-11H,3-7H2,1-2H3,(H,14,15)(H,16,17)/t11-/m0/s1. The number of aryl methyl sites for hydroxylation is 1. The number of aromatic nitrogens is 2. The van der Waals surface area contributed by atoms with E-state index < -0.39 is 0 Å². The Labute approximate surface area is 107 Å². The second-order valence-corrected chi connectivity index (χ2v) is 4.81. The third-order valence-electron chi connectivity index (χ3n) is 3.37. The summed E-state index contributed by atoms with van der Waals surface area (Å²) in [4.78, 5) is 19.6. The van der Waals surface area contributed by atoms with Crippen LogP contribution in [0.5, 0.6) is 0 Å². The number of amides is 1. The van der Waals surface area contributed by atoms with Gasteiger partial charge in [0.25, 0.3) is 0 Å². The molecule has 1 fully saturated rings. The van der Waals surface area contributed by atoms with E-state index in [-0.39, 0.29) is 17.9 Å². The van der Waals surface area contributed by atoms with E-state index >= 15 is 0 Å². The summed E-state index contributed by atoms with van der Waals surface area (Å²) in [7, 11) is 0. The van der Waals surface area contributed by atoms with E-state index in [1.54, 1.807) is 6.20 Å². The molecule has 0 aliphatic carbocycles. The van der Waals surface area contributed by atoms with E-state index in [9.17, 15) is 4.79 Å². The molecule has 5 heteroatoms. The largest absolute Gasteiger partial charge is 0.381 e. The Hall–Kier alpha value is -1.36. The van der Waals surface area contributed by atoms with Crippen LogP contribution in [0.15, 0.2) is 6.20 Å². The van der Waals surface area contributed by atoms with E-state index in [0.29, 0.717) is 13.2 Å². The quantitative estimate of drug-likeness (QED) is 0.856.